The summed E-state index contributed by atoms with van der Waals surface area (Å²) in [7, 11) is 0. The van der Waals surface area contributed by atoms with Crippen LogP contribution in [0.1, 0.15) is 44.2 Å². The molecule has 1 aliphatic carbocycles. The Morgan fingerprint density at radius 1 is 1.20 bits per heavy atom. The molecule has 1 unspecified atom stereocenters. The van der Waals surface area contributed by atoms with E-state index in [1.807, 2.05) is 0 Å². The molecule has 20 heavy (non-hydrogen) atoms. The summed E-state index contributed by atoms with van der Waals surface area (Å²) in [5.74, 6) is 0. The number of nitrogens with zero attached hydrogens (tertiary/aromatic N) is 1. The Kier molecular flexibility index (Phi) is 2.88. The lowest BCUT2D eigenvalue weighted by molar-refractivity contribution is -0.0415. The molecule has 1 saturated carbocycles. The summed E-state index contributed by atoms with van der Waals surface area (Å²) in [4.78, 5) is 0. The predicted molar refractivity (Wildman–Crippen MR) is 82.0 cm³/mol. The lowest BCUT2D eigenvalue weighted by atomic mass is 9.98. The molecule has 1 spiro atoms. The van der Waals surface area contributed by atoms with Crippen molar-refractivity contribution in [3.63, 3.8) is 0 Å². The standard InChI is InChI=1S/C18H23NO/c1-14-12-15-6-2-3-7-17(15)19(14)13-16-8-11-18(20-16)9-4-5-10-18/h2-3,6-7,12,16H,4-5,8-11,13H2,1H3. The van der Waals surface area contributed by atoms with Crippen LogP contribution in [0, 0.1) is 6.92 Å². The maximum atomic E-state index is 6.47. The van der Waals surface area contributed by atoms with Crippen molar-refractivity contribution in [1.82, 2.24) is 4.57 Å². The molecule has 1 aromatic heterocycles. The number of para-hydroxylation sites is 1. The number of benzene rings is 1. The third-order valence-electron chi connectivity index (χ3n) is 5.26. The average Bonchev–Trinajstić information content (AvgIpc) is 3.14. The summed E-state index contributed by atoms with van der Waals surface area (Å²) in [6, 6.07) is 11.0. The highest BCUT2D eigenvalue weighted by Gasteiger charge is 2.42. The molecule has 1 atom stereocenters. The summed E-state index contributed by atoms with van der Waals surface area (Å²) in [5.41, 5.74) is 2.95. The van der Waals surface area contributed by atoms with E-state index in [0.717, 1.165) is 6.54 Å². The van der Waals surface area contributed by atoms with Gasteiger partial charge in [0.2, 0.25) is 0 Å². The summed E-state index contributed by atoms with van der Waals surface area (Å²) in [6.45, 7) is 3.22. The Labute approximate surface area is 120 Å². The highest BCUT2D eigenvalue weighted by Crippen LogP contribution is 2.43. The molecule has 2 nitrogen and oxygen atoms in total. The quantitative estimate of drug-likeness (QED) is 0.786. The van der Waals surface area contributed by atoms with E-state index in [-0.39, 0.29) is 5.60 Å². The molecule has 1 saturated heterocycles. The summed E-state index contributed by atoms with van der Waals surface area (Å²) >= 11 is 0. The van der Waals surface area contributed by atoms with E-state index < -0.39 is 0 Å². The van der Waals surface area contributed by atoms with Gasteiger partial charge >= 0.3 is 0 Å². The van der Waals surface area contributed by atoms with E-state index in [4.69, 9.17) is 4.74 Å². The van der Waals surface area contributed by atoms with Crippen molar-refractivity contribution in [1.29, 1.82) is 0 Å². The topological polar surface area (TPSA) is 14.2 Å². The molecule has 106 valence electrons. The van der Waals surface area contributed by atoms with Crippen molar-refractivity contribution >= 4 is 10.9 Å². The Morgan fingerprint density at radius 2 is 2.00 bits per heavy atom. The molecule has 2 aliphatic rings. The minimum Gasteiger partial charge on any atom is -0.370 e. The normalized spacial score (nSPS) is 24.9. The first-order chi connectivity index (χ1) is 9.76. The van der Waals surface area contributed by atoms with Crippen molar-refractivity contribution in [2.75, 3.05) is 0 Å². The van der Waals surface area contributed by atoms with Gasteiger partial charge in [-0.2, -0.15) is 0 Å². The van der Waals surface area contributed by atoms with Gasteiger partial charge < -0.3 is 9.30 Å². The molecule has 2 aromatic rings. The maximum Gasteiger partial charge on any atom is 0.0762 e. The Balaban J connectivity index is 1.58. The minimum atomic E-state index is 0.252. The van der Waals surface area contributed by atoms with E-state index in [9.17, 15) is 0 Å². The molecule has 0 amide bonds. The zero-order chi connectivity index (χ0) is 13.6. The Hall–Kier alpha value is -1.28. The van der Waals surface area contributed by atoms with Crippen LogP contribution in [-0.4, -0.2) is 16.3 Å². The highest BCUT2D eigenvalue weighted by atomic mass is 16.5. The number of aryl methyl sites for hydroxylation is 1. The largest absolute Gasteiger partial charge is 0.370 e. The summed E-state index contributed by atoms with van der Waals surface area (Å²) in [6.07, 6.45) is 8.20. The van der Waals surface area contributed by atoms with Crippen LogP contribution in [0.15, 0.2) is 30.3 Å². The molecular weight excluding hydrogens is 246 g/mol. The first-order valence-corrected chi connectivity index (χ1v) is 7.99. The third-order valence-corrected chi connectivity index (χ3v) is 5.26. The molecule has 0 bridgehead atoms. The van der Waals surface area contributed by atoms with Crippen molar-refractivity contribution in [3.05, 3.63) is 36.0 Å². The van der Waals surface area contributed by atoms with Gasteiger partial charge in [0.25, 0.3) is 0 Å². The van der Waals surface area contributed by atoms with Crippen LogP contribution < -0.4 is 0 Å². The van der Waals surface area contributed by atoms with Crippen molar-refractivity contribution in [3.8, 4) is 0 Å². The highest BCUT2D eigenvalue weighted by molar-refractivity contribution is 5.81. The molecule has 4 rings (SSSR count). The van der Waals surface area contributed by atoms with E-state index >= 15 is 0 Å². The zero-order valence-corrected chi connectivity index (χ0v) is 12.3. The summed E-state index contributed by atoms with van der Waals surface area (Å²) < 4.78 is 8.90. The van der Waals surface area contributed by atoms with Gasteiger partial charge in [-0.25, -0.2) is 0 Å². The first kappa shape index (κ1) is 12.5. The lowest BCUT2D eigenvalue weighted by Gasteiger charge is -2.24. The molecule has 1 aliphatic heterocycles. The van der Waals surface area contributed by atoms with Gasteiger partial charge in [-0.3, -0.25) is 0 Å². The fourth-order valence-electron chi connectivity index (χ4n) is 4.21. The van der Waals surface area contributed by atoms with E-state index in [0.29, 0.717) is 6.10 Å². The second-order valence-electron chi connectivity index (χ2n) is 6.62. The van der Waals surface area contributed by atoms with Crippen LogP contribution in [0.3, 0.4) is 0 Å². The smallest absolute Gasteiger partial charge is 0.0762 e. The van der Waals surface area contributed by atoms with Crippen LogP contribution in [-0.2, 0) is 11.3 Å². The van der Waals surface area contributed by atoms with Crippen LogP contribution in [0.2, 0.25) is 0 Å². The van der Waals surface area contributed by atoms with Gasteiger partial charge in [0.15, 0.2) is 0 Å². The molecule has 2 heteroatoms. The number of ether oxygens (including phenoxy) is 1. The van der Waals surface area contributed by atoms with Crippen molar-refractivity contribution < 1.29 is 4.74 Å². The number of hydrogen-bond acceptors (Lipinski definition) is 1. The second-order valence-corrected chi connectivity index (χ2v) is 6.62. The van der Waals surface area contributed by atoms with Crippen LogP contribution in [0.5, 0.6) is 0 Å². The van der Waals surface area contributed by atoms with Gasteiger partial charge in [0, 0.05) is 17.8 Å². The van der Waals surface area contributed by atoms with Gasteiger partial charge in [-0.05, 0) is 50.1 Å². The molecule has 0 N–H and O–H groups in total. The molecule has 2 heterocycles. The number of fused-ring (bicyclic) bond motifs is 1. The van der Waals surface area contributed by atoms with Crippen LogP contribution in [0.4, 0.5) is 0 Å². The maximum absolute atomic E-state index is 6.47. The van der Waals surface area contributed by atoms with Crippen LogP contribution in [0.25, 0.3) is 10.9 Å². The van der Waals surface area contributed by atoms with Gasteiger partial charge in [-0.1, -0.05) is 31.0 Å². The third kappa shape index (κ3) is 1.98. The van der Waals surface area contributed by atoms with E-state index in [1.165, 1.54) is 55.1 Å². The molecule has 2 fully saturated rings. The predicted octanol–water partition coefficient (Wildman–Crippen LogP) is 4.44. The van der Waals surface area contributed by atoms with Crippen molar-refractivity contribution in [2.45, 2.75) is 63.7 Å². The van der Waals surface area contributed by atoms with Gasteiger partial charge in [-0.15, -0.1) is 0 Å². The van der Waals surface area contributed by atoms with Gasteiger partial charge in [0.05, 0.1) is 11.7 Å². The van der Waals surface area contributed by atoms with Gasteiger partial charge in [0.1, 0.15) is 0 Å². The number of rotatable bonds is 2. The summed E-state index contributed by atoms with van der Waals surface area (Å²) in [5, 5.41) is 1.35. The molecular formula is C18H23NO. The van der Waals surface area contributed by atoms with E-state index in [2.05, 4.69) is 41.8 Å². The Bertz CT molecular complexity index is 621. The molecule has 1 aromatic carbocycles. The van der Waals surface area contributed by atoms with Crippen molar-refractivity contribution in [2.24, 2.45) is 0 Å². The number of aromatic nitrogens is 1. The number of hydrogen-bond donors (Lipinski definition) is 0. The monoisotopic (exact) mass is 269 g/mol. The molecule has 0 radical (unpaired) electrons. The van der Waals surface area contributed by atoms with Crippen LogP contribution >= 0.6 is 0 Å². The van der Waals surface area contributed by atoms with E-state index in [1.54, 1.807) is 0 Å². The zero-order valence-electron chi connectivity index (χ0n) is 12.3. The fraction of sp³-hybridized carbons (Fsp3) is 0.556. The minimum absolute atomic E-state index is 0.252. The first-order valence-electron chi connectivity index (χ1n) is 7.99. The fourth-order valence-corrected chi connectivity index (χ4v) is 4.21. The Morgan fingerprint density at radius 3 is 2.85 bits per heavy atom. The average molecular weight is 269 g/mol. The lowest BCUT2D eigenvalue weighted by Crippen LogP contribution is -2.26. The second kappa shape index (κ2) is 4.63. The SMILES string of the molecule is Cc1cc2ccccc2n1CC1CCC2(CCCC2)O1.